The van der Waals surface area contributed by atoms with Crippen LogP contribution in [-0.4, -0.2) is 23.7 Å². The summed E-state index contributed by atoms with van der Waals surface area (Å²) in [7, 11) is 0. The fourth-order valence-corrected chi connectivity index (χ4v) is 1.91. The van der Waals surface area contributed by atoms with Crippen LogP contribution in [0, 0.1) is 6.92 Å². The van der Waals surface area contributed by atoms with Gasteiger partial charge in [0.05, 0.1) is 6.61 Å². The predicted molar refractivity (Wildman–Crippen MR) is 69.9 cm³/mol. The third-order valence-corrected chi connectivity index (χ3v) is 2.85. The third kappa shape index (κ3) is 2.94. The second-order valence-electron chi connectivity index (χ2n) is 3.92. The van der Waals surface area contributed by atoms with Crippen molar-refractivity contribution < 1.29 is 9.53 Å². The van der Waals surface area contributed by atoms with E-state index in [0.717, 1.165) is 11.3 Å². The fraction of sp³-hybridized carbons (Fsp3) is 0.333. The lowest BCUT2D eigenvalue weighted by atomic mass is 10.2. The van der Waals surface area contributed by atoms with Gasteiger partial charge >= 0.3 is 5.97 Å². The summed E-state index contributed by atoms with van der Waals surface area (Å²) in [6.45, 7) is 2.46. The van der Waals surface area contributed by atoms with Crippen LogP contribution in [0.1, 0.15) is 12.0 Å². The molecule has 90 valence electrons. The van der Waals surface area contributed by atoms with Crippen LogP contribution in [0.3, 0.4) is 0 Å². The van der Waals surface area contributed by atoms with E-state index in [1.807, 2.05) is 31.2 Å². The highest BCUT2D eigenvalue weighted by atomic mass is 32.1. The zero-order valence-corrected chi connectivity index (χ0v) is 10.3. The monoisotopic (exact) mass is 250 g/mol. The van der Waals surface area contributed by atoms with Gasteiger partial charge in [-0.2, -0.15) is 0 Å². The van der Waals surface area contributed by atoms with Gasteiger partial charge in [0.1, 0.15) is 6.04 Å². The number of para-hydroxylation sites is 1. The number of esters is 1. The first kappa shape index (κ1) is 11.9. The molecule has 5 heteroatoms. The van der Waals surface area contributed by atoms with Crippen molar-refractivity contribution in [3.63, 3.8) is 0 Å². The molecule has 1 saturated heterocycles. The molecule has 1 atom stereocenters. The Hall–Kier alpha value is -1.62. The lowest BCUT2D eigenvalue weighted by Gasteiger charge is -2.14. The van der Waals surface area contributed by atoms with Crippen LogP contribution in [0.25, 0.3) is 0 Å². The van der Waals surface area contributed by atoms with Crippen LogP contribution in [0.5, 0.6) is 0 Å². The molecule has 2 rings (SSSR count). The number of hydrogen-bond donors (Lipinski definition) is 2. The molecule has 0 unspecified atom stereocenters. The average Bonchev–Trinajstić information content (AvgIpc) is 2.68. The highest BCUT2D eigenvalue weighted by molar-refractivity contribution is 7.80. The number of hydrogen-bond acceptors (Lipinski definition) is 3. The molecule has 0 saturated carbocycles. The summed E-state index contributed by atoms with van der Waals surface area (Å²) in [6.07, 6.45) is 0.661. The number of nitrogens with one attached hydrogen (secondary N) is 2. The van der Waals surface area contributed by atoms with Gasteiger partial charge in [0.25, 0.3) is 0 Å². The molecule has 0 amide bonds. The molecule has 1 aromatic carbocycles. The van der Waals surface area contributed by atoms with E-state index in [1.54, 1.807) is 0 Å². The van der Waals surface area contributed by atoms with E-state index in [1.165, 1.54) is 0 Å². The molecule has 17 heavy (non-hydrogen) atoms. The van der Waals surface area contributed by atoms with E-state index in [-0.39, 0.29) is 12.0 Å². The number of rotatable bonds is 2. The summed E-state index contributed by atoms with van der Waals surface area (Å²) in [5.41, 5.74) is 2.04. The maximum Gasteiger partial charge on any atom is 0.328 e. The molecule has 1 aromatic rings. The molecule has 1 heterocycles. The molecule has 2 N–H and O–H groups in total. The van der Waals surface area contributed by atoms with Crippen molar-refractivity contribution in [3.05, 3.63) is 29.8 Å². The van der Waals surface area contributed by atoms with Crippen LogP contribution in [0.4, 0.5) is 5.69 Å². The smallest absolute Gasteiger partial charge is 0.328 e. The fourth-order valence-electron chi connectivity index (χ4n) is 1.66. The molecular weight excluding hydrogens is 236 g/mol. The van der Waals surface area contributed by atoms with Crippen molar-refractivity contribution in [1.29, 1.82) is 0 Å². The van der Waals surface area contributed by atoms with Crippen LogP contribution < -0.4 is 10.6 Å². The van der Waals surface area contributed by atoms with Gasteiger partial charge in [0.15, 0.2) is 5.11 Å². The van der Waals surface area contributed by atoms with E-state index in [2.05, 4.69) is 10.6 Å². The lowest BCUT2D eigenvalue weighted by Crippen LogP contribution is -2.40. The minimum absolute atomic E-state index is 0.237. The van der Waals surface area contributed by atoms with Gasteiger partial charge in [-0.15, -0.1) is 0 Å². The van der Waals surface area contributed by atoms with Gasteiger partial charge in [-0.1, -0.05) is 18.2 Å². The molecule has 0 aromatic heterocycles. The summed E-state index contributed by atoms with van der Waals surface area (Å²) in [5, 5.41) is 6.47. The molecule has 1 aliphatic heterocycles. The van der Waals surface area contributed by atoms with Crippen molar-refractivity contribution >= 4 is 29.0 Å². The first-order chi connectivity index (χ1) is 8.16. The number of thiocarbonyl (C=S) groups is 1. The summed E-state index contributed by atoms with van der Waals surface area (Å²) in [6, 6.07) is 7.51. The Morgan fingerprint density at radius 1 is 1.47 bits per heavy atom. The second-order valence-corrected chi connectivity index (χ2v) is 4.33. The third-order valence-electron chi connectivity index (χ3n) is 2.63. The Labute approximate surface area is 105 Å². The quantitative estimate of drug-likeness (QED) is 0.617. The van der Waals surface area contributed by atoms with Gasteiger partial charge in [0, 0.05) is 12.1 Å². The topological polar surface area (TPSA) is 50.4 Å². The minimum atomic E-state index is -0.320. The molecule has 0 bridgehead atoms. The number of carbonyl (C=O) groups is 1. The van der Waals surface area contributed by atoms with Gasteiger partial charge in [-0.3, -0.25) is 0 Å². The number of ether oxygens (including phenoxy) is 1. The van der Waals surface area contributed by atoms with Crippen molar-refractivity contribution in [3.8, 4) is 0 Å². The predicted octanol–water partition coefficient (Wildman–Crippen LogP) is 1.60. The van der Waals surface area contributed by atoms with Crippen LogP contribution >= 0.6 is 12.2 Å². The highest BCUT2D eigenvalue weighted by Gasteiger charge is 2.26. The maximum absolute atomic E-state index is 11.3. The zero-order chi connectivity index (χ0) is 12.3. The van der Waals surface area contributed by atoms with Crippen LogP contribution in [0.2, 0.25) is 0 Å². The summed E-state index contributed by atoms with van der Waals surface area (Å²) in [5.74, 6) is -0.237. The van der Waals surface area contributed by atoms with Crippen molar-refractivity contribution in [2.24, 2.45) is 0 Å². The van der Waals surface area contributed by atoms with Crippen molar-refractivity contribution in [2.45, 2.75) is 19.4 Å². The molecule has 1 fully saturated rings. The summed E-state index contributed by atoms with van der Waals surface area (Å²) in [4.78, 5) is 11.3. The summed E-state index contributed by atoms with van der Waals surface area (Å²) >= 11 is 5.16. The first-order valence-corrected chi connectivity index (χ1v) is 5.87. The first-order valence-electron chi connectivity index (χ1n) is 5.46. The van der Waals surface area contributed by atoms with Crippen molar-refractivity contribution in [2.75, 3.05) is 11.9 Å². The Morgan fingerprint density at radius 2 is 2.24 bits per heavy atom. The minimum Gasteiger partial charge on any atom is -0.464 e. The van der Waals surface area contributed by atoms with Crippen LogP contribution in [-0.2, 0) is 9.53 Å². The zero-order valence-electron chi connectivity index (χ0n) is 9.53. The van der Waals surface area contributed by atoms with Gasteiger partial charge in [-0.25, -0.2) is 4.79 Å². The number of cyclic esters (lactones) is 1. The Morgan fingerprint density at radius 3 is 2.88 bits per heavy atom. The van der Waals surface area contributed by atoms with Crippen LogP contribution in [0.15, 0.2) is 24.3 Å². The number of benzene rings is 1. The van der Waals surface area contributed by atoms with Crippen molar-refractivity contribution in [1.82, 2.24) is 5.32 Å². The number of aryl methyl sites for hydroxylation is 1. The Balaban J connectivity index is 1.93. The largest absolute Gasteiger partial charge is 0.464 e. The SMILES string of the molecule is Cc1ccccc1NC(=S)N[C@H]1CCOC1=O. The van der Waals surface area contributed by atoms with E-state index >= 15 is 0 Å². The number of anilines is 1. The van der Waals surface area contributed by atoms with E-state index in [9.17, 15) is 4.79 Å². The van der Waals surface area contributed by atoms with Gasteiger partial charge < -0.3 is 15.4 Å². The molecule has 4 nitrogen and oxygen atoms in total. The average molecular weight is 250 g/mol. The maximum atomic E-state index is 11.3. The molecule has 0 aliphatic carbocycles. The highest BCUT2D eigenvalue weighted by Crippen LogP contribution is 2.13. The normalized spacial score (nSPS) is 18.6. The van der Waals surface area contributed by atoms with Gasteiger partial charge in [0.2, 0.25) is 0 Å². The Bertz CT molecular complexity index is 448. The van der Waals surface area contributed by atoms with E-state index in [4.69, 9.17) is 17.0 Å². The second kappa shape index (κ2) is 5.14. The molecular formula is C12H14N2O2S. The molecule has 1 aliphatic rings. The Kier molecular flexibility index (Phi) is 3.58. The number of carbonyl (C=O) groups excluding carboxylic acids is 1. The molecule has 0 spiro atoms. The summed E-state index contributed by atoms with van der Waals surface area (Å²) < 4.78 is 4.85. The van der Waals surface area contributed by atoms with E-state index < -0.39 is 0 Å². The standard InChI is InChI=1S/C12H14N2O2S/c1-8-4-2-3-5-9(8)13-12(17)14-10-6-7-16-11(10)15/h2-5,10H,6-7H2,1H3,(H2,13,14,17)/t10-/m0/s1. The van der Waals surface area contributed by atoms with Gasteiger partial charge in [-0.05, 0) is 30.8 Å². The molecule has 0 radical (unpaired) electrons. The van der Waals surface area contributed by atoms with E-state index in [0.29, 0.717) is 18.1 Å². The lowest BCUT2D eigenvalue weighted by molar-refractivity contribution is -0.139.